The predicted molar refractivity (Wildman–Crippen MR) is 82.1 cm³/mol. The summed E-state index contributed by atoms with van der Waals surface area (Å²) in [7, 11) is 2.00. The number of rotatable bonds is 6. The molecule has 1 aromatic heterocycles. The fraction of sp³-hybridized carbons (Fsp3) is 0.786. The first-order valence-corrected chi connectivity index (χ1v) is 8.31. The van der Waals surface area contributed by atoms with E-state index in [-0.39, 0.29) is 0 Å². The minimum Gasteiger partial charge on any atom is -0.272 e. The number of nitrogens with one attached hydrogen (secondary N) is 1. The second-order valence-corrected chi connectivity index (χ2v) is 6.90. The monoisotopic (exact) mass is 282 g/mol. The minimum absolute atomic E-state index is 0.335. The molecule has 4 nitrogen and oxygen atoms in total. The maximum Gasteiger partial charge on any atom is 0.0596 e. The highest BCUT2D eigenvalue weighted by molar-refractivity contribution is 7.99. The highest BCUT2D eigenvalue weighted by Crippen LogP contribution is 2.28. The first-order chi connectivity index (χ1) is 9.19. The molecule has 0 amide bonds. The lowest BCUT2D eigenvalue weighted by molar-refractivity contribution is 0.511. The summed E-state index contributed by atoms with van der Waals surface area (Å²) in [6, 6.07) is 2.48. The number of hydrogen-bond acceptors (Lipinski definition) is 4. The molecule has 1 aliphatic carbocycles. The van der Waals surface area contributed by atoms with Gasteiger partial charge in [0.05, 0.1) is 5.69 Å². The van der Waals surface area contributed by atoms with E-state index in [9.17, 15) is 0 Å². The lowest BCUT2D eigenvalue weighted by Crippen LogP contribution is -2.39. The van der Waals surface area contributed by atoms with Crippen molar-refractivity contribution in [3.8, 4) is 0 Å². The van der Waals surface area contributed by atoms with E-state index in [1.165, 1.54) is 37.8 Å². The van der Waals surface area contributed by atoms with Crippen molar-refractivity contribution in [2.24, 2.45) is 12.9 Å². The van der Waals surface area contributed by atoms with Gasteiger partial charge in [0.15, 0.2) is 0 Å². The second-order valence-electron chi connectivity index (χ2n) is 5.56. The Morgan fingerprint density at radius 2 is 2.21 bits per heavy atom. The Morgan fingerprint density at radius 3 is 2.79 bits per heavy atom. The van der Waals surface area contributed by atoms with Crippen LogP contribution < -0.4 is 11.3 Å². The van der Waals surface area contributed by atoms with E-state index < -0.39 is 0 Å². The summed E-state index contributed by atoms with van der Waals surface area (Å²) in [5, 5.41) is 5.23. The van der Waals surface area contributed by atoms with Crippen molar-refractivity contribution < 1.29 is 0 Å². The molecule has 0 bridgehead atoms. The molecule has 1 atom stereocenters. The molecule has 1 aromatic rings. The van der Waals surface area contributed by atoms with E-state index in [1.807, 2.05) is 18.7 Å². The molecule has 1 aliphatic rings. The molecule has 0 radical (unpaired) electrons. The summed E-state index contributed by atoms with van der Waals surface area (Å²) in [5.41, 5.74) is 5.30. The standard InChI is InChI=1S/C14H26N4S/c1-11-8-13(18(2)17-11)9-12(16-15)10-19-14-6-4-3-5-7-14/h8,12,14,16H,3-7,9-10,15H2,1-2H3. The number of nitrogens with two attached hydrogens (primary N) is 1. The average molecular weight is 282 g/mol. The van der Waals surface area contributed by atoms with Crippen LogP contribution in [0, 0.1) is 6.92 Å². The second kappa shape index (κ2) is 7.31. The fourth-order valence-electron chi connectivity index (χ4n) is 2.76. The van der Waals surface area contributed by atoms with Crippen LogP contribution in [0.4, 0.5) is 0 Å². The molecule has 19 heavy (non-hydrogen) atoms. The van der Waals surface area contributed by atoms with Crippen molar-refractivity contribution in [1.29, 1.82) is 0 Å². The maximum atomic E-state index is 5.70. The topological polar surface area (TPSA) is 55.9 Å². The molecular formula is C14H26N4S. The minimum atomic E-state index is 0.335. The van der Waals surface area contributed by atoms with Gasteiger partial charge < -0.3 is 0 Å². The predicted octanol–water partition coefficient (Wildman–Crippen LogP) is 2.17. The normalized spacial score (nSPS) is 18.7. The van der Waals surface area contributed by atoms with E-state index in [2.05, 4.69) is 28.4 Å². The molecule has 0 aromatic carbocycles. The molecule has 1 fully saturated rings. The fourth-order valence-corrected chi connectivity index (χ4v) is 4.14. The zero-order valence-corrected chi connectivity index (χ0v) is 12.9. The summed E-state index contributed by atoms with van der Waals surface area (Å²) in [5.74, 6) is 6.79. The number of aromatic nitrogens is 2. The molecule has 1 unspecified atom stereocenters. The average Bonchev–Trinajstić information content (AvgIpc) is 2.74. The molecule has 3 N–H and O–H groups in total. The van der Waals surface area contributed by atoms with Crippen molar-refractivity contribution in [3.05, 3.63) is 17.5 Å². The van der Waals surface area contributed by atoms with Crippen LogP contribution in [0.3, 0.4) is 0 Å². The van der Waals surface area contributed by atoms with Crippen molar-refractivity contribution in [3.63, 3.8) is 0 Å². The third-order valence-corrected chi connectivity index (χ3v) is 5.41. The summed E-state index contributed by atoms with van der Waals surface area (Å²) in [4.78, 5) is 0. The van der Waals surface area contributed by atoms with Crippen LogP contribution in [0.15, 0.2) is 6.07 Å². The SMILES string of the molecule is Cc1cc(CC(CSC2CCCCC2)NN)n(C)n1. The van der Waals surface area contributed by atoms with E-state index >= 15 is 0 Å². The van der Waals surface area contributed by atoms with Gasteiger partial charge in [0.2, 0.25) is 0 Å². The zero-order valence-electron chi connectivity index (χ0n) is 12.1. The Hall–Kier alpha value is -0.520. The Bertz CT molecular complexity index is 385. The van der Waals surface area contributed by atoms with Gasteiger partial charge in [0.25, 0.3) is 0 Å². The van der Waals surface area contributed by atoms with Crippen LogP contribution in [0.5, 0.6) is 0 Å². The van der Waals surface area contributed by atoms with Crippen molar-refractivity contribution in [2.75, 3.05) is 5.75 Å². The Balaban J connectivity index is 1.81. The van der Waals surface area contributed by atoms with E-state index in [1.54, 1.807) is 0 Å². The summed E-state index contributed by atoms with van der Waals surface area (Å²) in [6.07, 6.45) is 7.94. The van der Waals surface area contributed by atoms with Crippen molar-refractivity contribution in [2.45, 2.75) is 56.7 Å². The largest absolute Gasteiger partial charge is 0.272 e. The molecular weight excluding hydrogens is 256 g/mol. The van der Waals surface area contributed by atoms with Crippen LogP contribution in [-0.2, 0) is 13.5 Å². The van der Waals surface area contributed by atoms with Crippen molar-refractivity contribution in [1.82, 2.24) is 15.2 Å². The number of nitrogens with zero attached hydrogens (tertiary/aromatic N) is 2. The van der Waals surface area contributed by atoms with Crippen LogP contribution in [0.2, 0.25) is 0 Å². The van der Waals surface area contributed by atoms with Gasteiger partial charge in [-0.2, -0.15) is 16.9 Å². The molecule has 5 heteroatoms. The van der Waals surface area contributed by atoms with Gasteiger partial charge in [-0.05, 0) is 25.8 Å². The smallest absolute Gasteiger partial charge is 0.0596 e. The van der Waals surface area contributed by atoms with Gasteiger partial charge in [-0.25, -0.2) is 0 Å². The molecule has 1 saturated carbocycles. The summed E-state index contributed by atoms with van der Waals surface area (Å²) >= 11 is 2.09. The Morgan fingerprint density at radius 1 is 1.47 bits per heavy atom. The van der Waals surface area contributed by atoms with Gasteiger partial charge in [-0.15, -0.1) is 0 Å². The molecule has 108 valence electrons. The highest BCUT2D eigenvalue weighted by atomic mass is 32.2. The molecule has 2 rings (SSSR count). The van der Waals surface area contributed by atoms with Gasteiger partial charge in [-0.1, -0.05) is 19.3 Å². The van der Waals surface area contributed by atoms with Gasteiger partial charge in [0, 0.05) is 36.2 Å². The molecule has 0 aliphatic heterocycles. The molecule has 0 spiro atoms. The lowest BCUT2D eigenvalue weighted by atomic mass is 10.0. The zero-order chi connectivity index (χ0) is 13.7. The summed E-state index contributed by atoms with van der Waals surface area (Å²) < 4.78 is 1.96. The van der Waals surface area contributed by atoms with Crippen molar-refractivity contribution >= 4 is 11.8 Å². The van der Waals surface area contributed by atoms with Gasteiger partial charge in [-0.3, -0.25) is 16.0 Å². The van der Waals surface area contributed by atoms with Gasteiger partial charge in [0.1, 0.15) is 0 Å². The third kappa shape index (κ3) is 4.51. The van der Waals surface area contributed by atoms with Gasteiger partial charge >= 0.3 is 0 Å². The van der Waals surface area contributed by atoms with Crippen LogP contribution >= 0.6 is 11.8 Å². The first kappa shape index (κ1) is 14.9. The number of aryl methyl sites for hydroxylation is 2. The van der Waals surface area contributed by atoms with E-state index in [0.29, 0.717) is 6.04 Å². The highest BCUT2D eigenvalue weighted by Gasteiger charge is 2.17. The quantitative estimate of drug-likeness (QED) is 0.620. The maximum absolute atomic E-state index is 5.70. The number of thioether (sulfide) groups is 1. The van der Waals surface area contributed by atoms with E-state index in [0.717, 1.165) is 23.1 Å². The Kier molecular flexibility index (Phi) is 5.73. The van der Waals surface area contributed by atoms with Crippen LogP contribution in [0.25, 0.3) is 0 Å². The van der Waals surface area contributed by atoms with E-state index in [4.69, 9.17) is 5.84 Å². The lowest BCUT2D eigenvalue weighted by Gasteiger charge is -2.23. The molecule has 0 saturated heterocycles. The van der Waals surface area contributed by atoms with Crippen LogP contribution in [-0.4, -0.2) is 26.8 Å². The summed E-state index contributed by atoms with van der Waals surface area (Å²) in [6.45, 7) is 2.03. The third-order valence-electron chi connectivity index (χ3n) is 3.88. The number of hydrazine groups is 1. The molecule has 1 heterocycles. The van der Waals surface area contributed by atoms with Crippen LogP contribution in [0.1, 0.15) is 43.5 Å². The Labute approximate surface area is 120 Å². The first-order valence-electron chi connectivity index (χ1n) is 7.26. The number of hydrogen-bond donors (Lipinski definition) is 2.